The average Bonchev–Trinajstić information content (AvgIpc) is 3.33. The molecule has 35 heavy (non-hydrogen) atoms. The number of hydrogen-bond acceptors (Lipinski definition) is 5. The Kier molecular flexibility index (Phi) is 6.50. The van der Waals surface area contributed by atoms with Crippen LogP contribution in [0, 0.1) is 0 Å². The number of oxazole rings is 1. The van der Waals surface area contributed by atoms with Gasteiger partial charge >= 0.3 is 0 Å². The van der Waals surface area contributed by atoms with E-state index in [4.69, 9.17) is 21.4 Å². The number of aromatic nitrogens is 1. The first-order chi connectivity index (χ1) is 17.1. The quantitative estimate of drug-likeness (QED) is 0.282. The molecule has 1 aromatic heterocycles. The lowest BCUT2D eigenvalue weighted by atomic mass is 10.2. The van der Waals surface area contributed by atoms with E-state index in [9.17, 15) is 4.79 Å². The topological polar surface area (TPSA) is 76.4 Å². The largest absolute Gasteiger partial charge is 0.489 e. The van der Waals surface area contributed by atoms with Crippen molar-refractivity contribution in [3.8, 4) is 17.2 Å². The zero-order valence-electron chi connectivity index (χ0n) is 18.6. The molecule has 0 atom stereocenters. The van der Waals surface area contributed by atoms with Crippen LogP contribution in [0.3, 0.4) is 0 Å². The molecule has 1 amide bonds. The van der Waals surface area contributed by atoms with E-state index >= 15 is 0 Å². The van der Waals surface area contributed by atoms with Crippen LogP contribution in [0.15, 0.2) is 108 Å². The second kappa shape index (κ2) is 10.2. The number of hydrogen-bond donors (Lipinski definition) is 2. The lowest BCUT2D eigenvalue weighted by Gasteiger charge is -2.11. The van der Waals surface area contributed by atoms with Crippen LogP contribution in [0.1, 0.15) is 15.9 Å². The van der Waals surface area contributed by atoms with Crippen LogP contribution in [-0.4, -0.2) is 16.0 Å². The smallest absolute Gasteiger partial charge is 0.257 e. The van der Waals surface area contributed by atoms with Gasteiger partial charge in [-0.3, -0.25) is 10.1 Å². The zero-order valence-corrected chi connectivity index (χ0v) is 19.4. The first-order valence-electron chi connectivity index (χ1n) is 11.0. The number of carbonyl (C=O) groups excluding carboxylic acids is 1. The zero-order chi connectivity index (χ0) is 24.0. The fourth-order valence-corrected chi connectivity index (χ4v) is 3.68. The second-order valence-corrected chi connectivity index (χ2v) is 8.18. The van der Waals surface area contributed by atoms with E-state index in [-0.39, 0.29) is 11.0 Å². The number of benzene rings is 4. The molecular formula is C28H21N3O3S. The fourth-order valence-electron chi connectivity index (χ4n) is 3.47. The van der Waals surface area contributed by atoms with Gasteiger partial charge in [0.15, 0.2) is 10.7 Å². The lowest BCUT2D eigenvalue weighted by Crippen LogP contribution is -2.34. The molecule has 0 saturated heterocycles. The highest BCUT2D eigenvalue weighted by Gasteiger charge is 2.10. The number of rotatable bonds is 6. The predicted molar refractivity (Wildman–Crippen MR) is 140 cm³/mol. The third kappa shape index (κ3) is 5.54. The highest BCUT2D eigenvalue weighted by Crippen LogP contribution is 2.25. The molecule has 5 rings (SSSR count). The lowest BCUT2D eigenvalue weighted by molar-refractivity contribution is 0.0977. The molecule has 0 spiro atoms. The van der Waals surface area contributed by atoms with Gasteiger partial charge in [0.25, 0.3) is 5.91 Å². The molecule has 1 heterocycles. The van der Waals surface area contributed by atoms with Crippen molar-refractivity contribution in [3.63, 3.8) is 0 Å². The molecule has 0 aliphatic rings. The van der Waals surface area contributed by atoms with Crippen LogP contribution < -0.4 is 15.4 Å². The molecular weight excluding hydrogens is 458 g/mol. The molecule has 6 nitrogen and oxygen atoms in total. The Morgan fingerprint density at radius 3 is 2.31 bits per heavy atom. The summed E-state index contributed by atoms with van der Waals surface area (Å²) in [7, 11) is 0. The number of fused-ring (bicyclic) bond motifs is 1. The van der Waals surface area contributed by atoms with Crippen LogP contribution in [0.5, 0.6) is 5.75 Å². The Morgan fingerprint density at radius 2 is 1.57 bits per heavy atom. The number of para-hydroxylation sites is 2. The number of amides is 1. The van der Waals surface area contributed by atoms with Gasteiger partial charge in [-0.2, -0.15) is 0 Å². The van der Waals surface area contributed by atoms with Crippen LogP contribution in [0.2, 0.25) is 0 Å². The molecule has 4 aromatic carbocycles. The highest BCUT2D eigenvalue weighted by atomic mass is 32.1. The van der Waals surface area contributed by atoms with Gasteiger partial charge in [-0.1, -0.05) is 42.5 Å². The maximum absolute atomic E-state index is 12.6. The summed E-state index contributed by atoms with van der Waals surface area (Å²) >= 11 is 5.31. The molecule has 0 saturated carbocycles. The summed E-state index contributed by atoms with van der Waals surface area (Å²) in [6, 6.07) is 31.9. The first-order valence-corrected chi connectivity index (χ1v) is 11.4. The minimum Gasteiger partial charge on any atom is -0.489 e. The van der Waals surface area contributed by atoms with E-state index in [2.05, 4.69) is 15.6 Å². The maximum Gasteiger partial charge on any atom is 0.257 e. The Labute approximate surface area is 207 Å². The van der Waals surface area contributed by atoms with Crippen molar-refractivity contribution in [2.75, 3.05) is 5.32 Å². The number of anilines is 1. The van der Waals surface area contributed by atoms with Gasteiger partial charge in [0.2, 0.25) is 5.89 Å². The van der Waals surface area contributed by atoms with Crippen LogP contribution >= 0.6 is 12.2 Å². The standard InChI is InChI=1S/C28H21N3O3S/c32-26(20-12-16-23(17-13-20)33-18-19-6-2-1-3-7-19)31-28(35)29-22-14-10-21(11-15-22)27-30-24-8-4-5-9-25(24)34-27/h1-17H,18H2,(H2,29,31,32,35). The van der Waals surface area contributed by atoms with Gasteiger partial charge in [0.1, 0.15) is 17.9 Å². The molecule has 0 aliphatic heterocycles. The van der Waals surface area contributed by atoms with E-state index < -0.39 is 0 Å². The summed E-state index contributed by atoms with van der Waals surface area (Å²) < 4.78 is 11.6. The Morgan fingerprint density at radius 1 is 0.857 bits per heavy atom. The van der Waals surface area contributed by atoms with Gasteiger partial charge in [-0.05, 0) is 78.4 Å². The summed E-state index contributed by atoms with van der Waals surface area (Å²) in [6.45, 7) is 0.464. The molecule has 0 radical (unpaired) electrons. The van der Waals surface area contributed by atoms with E-state index in [1.54, 1.807) is 24.3 Å². The minimum atomic E-state index is -0.305. The average molecular weight is 480 g/mol. The van der Waals surface area contributed by atoms with Crippen molar-refractivity contribution >= 4 is 40.0 Å². The van der Waals surface area contributed by atoms with Crippen LogP contribution in [0.25, 0.3) is 22.6 Å². The van der Waals surface area contributed by atoms with Gasteiger partial charge in [0.05, 0.1) is 0 Å². The number of nitrogens with zero attached hydrogens (tertiary/aromatic N) is 1. The van der Waals surface area contributed by atoms with Crippen molar-refractivity contribution in [2.45, 2.75) is 6.61 Å². The Bertz CT molecular complexity index is 1430. The predicted octanol–water partition coefficient (Wildman–Crippen LogP) is 6.20. The van der Waals surface area contributed by atoms with E-state index in [0.29, 0.717) is 23.8 Å². The van der Waals surface area contributed by atoms with Crippen LogP contribution in [0.4, 0.5) is 5.69 Å². The molecule has 7 heteroatoms. The summed E-state index contributed by atoms with van der Waals surface area (Å²) in [6.07, 6.45) is 0. The van der Waals surface area contributed by atoms with Gasteiger partial charge in [-0.15, -0.1) is 0 Å². The Hall–Kier alpha value is -4.49. The van der Waals surface area contributed by atoms with Gasteiger partial charge < -0.3 is 14.5 Å². The van der Waals surface area contributed by atoms with Crippen molar-refractivity contribution in [2.24, 2.45) is 0 Å². The molecule has 0 bridgehead atoms. The summed E-state index contributed by atoms with van der Waals surface area (Å²) in [5.41, 5.74) is 4.69. The Balaban J connectivity index is 1.15. The van der Waals surface area contributed by atoms with Crippen molar-refractivity contribution in [1.82, 2.24) is 10.3 Å². The number of ether oxygens (including phenoxy) is 1. The summed E-state index contributed by atoms with van der Waals surface area (Å²) in [4.78, 5) is 17.1. The second-order valence-electron chi connectivity index (χ2n) is 7.77. The SMILES string of the molecule is O=C(NC(=S)Nc1ccc(-c2nc3ccccc3o2)cc1)c1ccc(OCc2ccccc2)cc1. The van der Waals surface area contributed by atoms with Gasteiger partial charge in [-0.25, -0.2) is 4.98 Å². The van der Waals surface area contributed by atoms with E-state index in [0.717, 1.165) is 27.9 Å². The van der Waals surface area contributed by atoms with E-state index in [1.807, 2.05) is 78.9 Å². The molecule has 0 unspecified atom stereocenters. The monoisotopic (exact) mass is 479 g/mol. The maximum atomic E-state index is 12.6. The normalized spacial score (nSPS) is 10.6. The summed E-state index contributed by atoms with van der Waals surface area (Å²) in [5.74, 6) is 0.926. The molecule has 5 aromatic rings. The van der Waals surface area contributed by atoms with Gasteiger partial charge in [0, 0.05) is 16.8 Å². The minimum absolute atomic E-state index is 0.203. The molecule has 2 N–H and O–H groups in total. The van der Waals surface area contributed by atoms with Crippen molar-refractivity contribution in [3.05, 3.63) is 114 Å². The van der Waals surface area contributed by atoms with Crippen LogP contribution in [-0.2, 0) is 6.61 Å². The third-order valence-corrected chi connectivity index (χ3v) is 5.48. The highest BCUT2D eigenvalue weighted by molar-refractivity contribution is 7.80. The molecule has 172 valence electrons. The first kappa shape index (κ1) is 22.3. The molecule has 0 fully saturated rings. The number of nitrogens with one attached hydrogen (secondary N) is 2. The van der Waals surface area contributed by atoms with Crippen molar-refractivity contribution in [1.29, 1.82) is 0 Å². The fraction of sp³-hybridized carbons (Fsp3) is 0.0357. The summed E-state index contributed by atoms with van der Waals surface area (Å²) in [5, 5.41) is 5.92. The number of thiocarbonyl (C=S) groups is 1. The number of carbonyl (C=O) groups is 1. The van der Waals surface area contributed by atoms with E-state index in [1.165, 1.54) is 0 Å². The third-order valence-electron chi connectivity index (χ3n) is 5.28. The van der Waals surface area contributed by atoms with Crippen molar-refractivity contribution < 1.29 is 13.9 Å². The molecule has 0 aliphatic carbocycles.